The van der Waals surface area contributed by atoms with E-state index in [4.69, 9.17) is 0 Å². The lowest BCUT2D eigenvalue weighted by molar-refractivity contribution is 1.11. The summed E-state index contributed by atoms with van der Waals surface area (Å²) >= 11 is 0. The van der Waals surface area contributed by atoms with E-state index >= 15 is 0 Å². The molecule has 0 radical (unpaired) electrons. The molecule has 0 fully saturated rings. The van der Waals surface area contributed by atoms with E-state index in [-0.39, 0.29) is 0 Å². The summed E-state index contributed by atoms with van der Waals surface area (Å²) in [4.78, 5) is 4.27. The van der Waals surface area contributed by atoms with Gasteiger partial charge in [-0.2, -0.15) is 0 Å². The van der Waals surface area contributed by atoms with Crippen molar-refractivity contribution in [3.8, 4) is 0 Å². The lowest BCUT2D eigenvalue weighted by Gasteiger charge is -2.11. The Morgan fingerprint density at radius 1 is 1.47 bits per heavy atom. The van der Waals surface area contributed by atoms with Crippen LogP contribution >= 0.6 is 0 Å². The first-order valence-corrected chi connectivity index (χ1v) is 5.30. The molecule has 1 heteroatoms. The van der Waals surface area contributed by atoms with Crippen molar-refractivity contribution in [1.82, 2.24) is 0 Å². The van der Waals surface area contributed by atoms with Gasteiger partial charge in [-0.3, -0.25) is 4.99 Å². The second-order valence-electron chi connectivity index (χ2n) is 3.79. The van der Waals surface area contributed by atoms with Crippen LogP contribution < -0.4 is 0 Å². The smallest absolute Gasteiger partial charge is 0.0348 e. The van der Waals surface area contributed by atoms with E-state index in [1.54, 1.807) is 0 Å². The van der Waals surface area contributed by atoms with Crippen molar-refractivity contribution in [2.75, 3.05) is 7.05 Å². The van der Waals surface area contributed by atoms with E-state index in [9.17, 15) is 0 Å². The summed E-state index contributed by atoms with van der Waals surface area (Å²) in [6, 6.07) is 0. The average Bonchev–Trinajstić information content (AvgIpc) is 2.23. The van der Waals surface area contributed by atoms with E-state index in [0.717, 1.165) is 18.6 Å². The lowest BCUT2D eigenvalue weighted by atomic mass is 9.96. The highest BCUT2D eigenvalue weighted by molar-refractivity contribution is 5.99. The number of rotatable bonds is 2. The molecule has 0 heterocycles. The minimum absolute atomic E-state index is 0.959. The summed E-state index contributed by atoms with van der Waals surface area (Å²) in [5.41, 5.74) is 5.11. The van der Waals surface area contributed by atoms with E-state index < -0.39 is 0 Å². The molecule has 0 aromatic rings. The zero-order valence-electron chi connectivity index (χ0n) is 9.88. The van der Waals surface area contributed by atoms with Crippen LogP contribution in [0.4, 0.5) is 0 Å². The second-order valence-corrected chi connectivity index (χ2v) is 3.79. The van der Waals surface area contributed by atoms with E-state index in [2.05, 4.69) is 43.6 Å². The Morgan fingerprint density at radius 3 is 2.80 bits per heavy atom. The molecule has 0 bridgehead atoms. The van der Waals surface area contributed by atoms with Gasteiger partial charge in [-0.15, -0.1) is 0 Å². The van der Waals surface area contributed by atoms with Crippen molar-refractivity contribution >= 4 is 5.71 Å². The molecule has 15 heavy (non-hydrogen) atoms. The van der Waals surface area contributed by atoms with Gasteiger partial charge < -0.3 is 0 Å². The van der Waals surface area contributed by atoms with Crippen molar-refractivity contribution in [3.05, 3.63) is 47.6 Å². The maximum absolute atomic E-state index is 4.27. The molecule has 0 aromatic carbocycles. The molecular formula is C14H19N. The summed E-state index contributed by atoms with van der Waals surface area (Å²) in [5.74, 6) is 0. The lowest BCUT2D eigenvalue weighted by Crippen LogP contribution is -2.01. The molecule has 0 aliphatic heterocycles. The molecule has 1 nitrogen and oxygen atoms in total. The van der Waals surface area contributed by atoms with Gasteiger partial charge >= 0.3 is 0 Å². The molecule has 80 valence electrons. The number of hydrogen-bond acceptors (Lipinski definition) is 1. The van der Waals surface area contributed by atoms with Crippen LogP contribution in [-0.4, -0.2) is 12.8 Å². The minimum Gasteiger partial charge on any atom is -0.293 e. The van der Waals surface area contributed by atoms with Crippen molar-refractivity contribution < 1.29 is 0 Å². The number of allylic oxidation sites excluding steroid dienone is 7. The largest absolute Gasteiger partial charge is 0.293 e. The normalized spacial score (nSPS) is 23.1. The quantitative estimate of drug-likeness (QED) is 0.602. The van der Waals surface area contributed by atoms with Gasteiger partial charge in [0.25, 0.3) is 0 Å². The molecule has 1 aliphatic rings. The predicted molar refractivity (Wildman–Crippen MR) is 68.4 cm³/mol. The maximum Gasteiger partial charge on any atom is 0.0348 e. The molecule has 0 unspecified atom stereocenters. The topological polar surface area (TPSA) is 12.4 Å². The molecule has 0 spiro atoms. The van der Waals surface area contributed by atoms with E-state index in [1.807, 2.05) is 13.1 Å². The third-order valence-corrected chi connectivity index (χ3v) is 2.80. The molecule has 1 aliphatic carbocycles. The Balaban J connectivity index is 3.05. The van der Waals surface area contributed by atoms with Gasteiger partial charge in [0.05, 0.1) is 0 Å². The van der Waals surface area contributed by atoms with Gasteiger partial charge in [-0.05, 0) is 37.8 Å². The maximum atomic E-state index is 4.27. The highest BCUT2D eigenvalue weighted by atomic mass is 14.7. The zero-order valence-corrected chi connectivity index (χ0v) is 9.88. The zero-order chi connectivity index (χ0) is 11.3. The fourth-order valence-electron chi connectivity index (χ4n) is 1.70. The third kappa shape index (κ3) is 3.05. The average molecular weight is 201 g/mol. The van der Waals surface area contributed by atoms with Gasteiger partial charge in [-0.1, -0.05) is 36.5 Å². The number of hydrogen-bond donors (Lipinski definition) is 0. The van der Waals surface area contributed by atoms with Crippen molar-refractivity contribution in [2.24, 2.45) is 4.99 Å². The van der Waals surface area contributed by atoms with Gasteiger partial charge in [0.1, 0.15) is 0 Å². The Kier molecular flexibility index (Phi) is 4.29. The third-order valence-electron chi connectivity index (χ3n) is 2.80. The first-order valence-electron chi connectivity index (χ1n) is 5.30. The van der Waals surface area contributed by atoms with Crippen LogP contribution in [0.2, 0.25) is 0 Å². The SMILES string of the molecule is C=CC1=CC/C(C(C)=NC)=C(/C)CC=C1. The fourth-order valence-corrected chi connectivity index (χ4v) is 1.70. The Morgan fingerprint density at radius 2 is 2.20 bits per heavy atom. The molecule has 1 rings (SSSR count). The second kappa shape index (κ2) is 5.50. The van der Waals surface area contributed by atoms with Crippen molar-refractivity contribution in [1.29, 1.82) is 0 Å². The molecule has 0 N–H and O–H groups in total. The predicted octanol–water partition coefficient (Wildman–Crippen LogP) is 3.86. The van der Waals surface area contributed by atoms with Crippen LogP contribution in [0.15, 0.2) is 52.6 Å². The fraction of sp³-hybridized carbons (Fsp3) is 0.357. The highest BCUT2D eigenvalue weighted by Gasteiger charge is 2.05. The van der Waals surface area contributed by atoms with Gasteiger partial charge in [-0.25, -0.2) is 0 Å². The Hall–Kier alpha value is -1.37. The minimum atomic E-state index is 0.959. The molecule has 0 aromatic heterocycles. The van der Waals surface area contributed by atoms with Crippen LogP contribution in [0.5, 0.6) is 0 Å². The van der Waals surface area contributed by atoms with Gasteiger partial charge in [0, 0.05) is 12.8 Å². The van der Waals surface area contributed by atoms with Gasteiger partial charge in [0.2, 0.25) is 0 Å². The number of aliphatic imine (C=N–C) groups is 1. The summed E-state index contributed by atoms with van der Waals surface area (Å²) in [6.45, 7) is 8.06. The molecule has 0 saturated heterocycles. The van der Waals surface area contributed by atoms with Crippen LogP contribution in [0, 0.1) is 0 Å². The van der Waals surface area contributed by atoms with Crippen molar-refractivity contribution in [3.63, 3.8) is 0 Å². The standard InChI is InChI=1S/C14H19N/c1-5-13-8-6-7-11(2)14(10-9-13)12(3)15-4/h5-6,8-9H,1,7,10H2,2-4H3/b8-6?,13-9?,14-11+,15-12?. The van der Waals surface area contributed by atoms with Crippen LogP contribution in [0.3, 0.4) is 0 Å². The number of nitrogens with zero attached hydrogens (tertiary/aromatic N) is 1. The summed E-state index contributed by atoms with van der Waals surface area (Å²) in [7, 11) is 1.85. The van der Waals surface area contributed by atoms with Crippen molar-refractivity contribution in [2.45, 2.75) is 26.7 Å². The van der Waals surface area contributed by atoms with Crippen LogP contribution in [0.1, 0.15) is 26.7 Å². The molecule has 0 saturated carbocycles. The van der Waals surface area contributed by atoms with E-state index in [0.29, 0.717) is 0 Å². The summed E-state index contributed by atoms with van der Waals surface area (Å²) in [5, 5.41) is 0. The first kappa shape index (κ1) is 11.7. The molecule has 0 amide bonds. The van der Waals surface area contributed by atoms with Crippen LogP contribution in [0.25, 0.3) is 0 Å². The Labute approximate surface area is 92.6 Å². The Bertz CT molecular complexity index is 365. The monoisotopic (exact) mass is 201 g/mol. The molecule has 0 atom stereocenters. The van der Waals surface area contributed by atoms with Crippen LogP contribution in [-0.2, 0) is 0 Å². The van der Waals surface area contributed by atoms with Gasteiger partial charge in [0.15, 0.2) is 0 Å². The first-order chi connectivity index (χ1) is 7.19. The summed E-state index contributed by atoms with van der Waals surface area (Å²) in [6.07, 6.45) is 10.4. The highest BCUT2D eigenvalue weighted by Crippen LogP contribution is 2.19. The molecular weight excluding hydrogens is 182 g/mol. The summed E-state index contributed by atoms with van der Waals surface area (Å²) < 4.78 is 0. The van der Waals surface area contributed by atoms with E-state index in [1.165, 1.54) is 16.7 Å².